The fraction of sp³-hybridized carbons (Fsp3) is 0.333. The number of anilines is 1. The number of hydrogen-bond donors (Lipinski definition) is 1. The average Bonchev–Trinajstić information content (AvgIpc) is 2.95. The van der Waals surface area contributed by atoms with Gasteiger partial charge in [-0.2, -0.15) is 0 Å². The van der Waals surface area contributed by atoms with Gasteiger partial charge in [0.25, 0.3) is 15.7 Å². The van der Waals surface area contributed by atoms with Crippen LogP contribution in [0.4, 0.5) is 11.4 Å². The van der Waals surface area contributed by atoms with Crippen LogP contribution < -0.4 is 14.4 Å². The van der Waals surface area contributed by atoms with Gasteiger partial charge in [0.05, 0.1) is 22.6 Å². The monoisotopic (exact) mass is 630 g/mol. The Kier molecular flexibility index (Phi) is 11.1. The third-order valence-electron chi connectivity index (χ3n) is 6.74. The van der Waals surface area contributed by atoms with Gasteiger partial charge in [-0.05, 0) is 63.9 Å². The molecular formula is C30H35ClN4O7S. The number of hydrogen-bond acceptors (Lipinski definition) is 7. The van der Waals surface area contributed by atoms with E-state index in [2.05, 4.69) is 5.32 Å². The first kappa shape index (κ1) is 33.3. The molecule has 0 spiro atoms. The number of rotatable bonds is 13. The normalized spacial score (nSPS) is 12.0. The van der Waals surface area contributed by atoms with Crippen molar-refractivity contribution in [1.82, 2.24) is 10.2 Å². The van der Waals surface area contributed by atoms with Crippen LogP contribution in [0, 0.1) is 17.0 Å². The zero-order chi connectivity index (χ0) is 31.9. The topological polar surface area (TPSA) is 139 Å². The molecule has 0 radical (unpaired) electrons. The highest BCUT2D eigenvalue weighted by molar-refractivity contribution is 7.92. The standard InChI is InChI=1S/C30H35ClN4O7S/c1-20(2)32-30(37)22(4)33(16-15-23-9-7-6-8-10-23)29(36)19-34(27-17-24(31)12-14-28(27)42-5)43(40,41)25-13-11-21(3)26(18-25)35(38)39/h6-14,17-18,20,22H,15-16,19H2,1-5H3,(H,32,37)/t22-/m1/s1. The smallest absolute Gasteiger partial charge is 0.273 e. The lowest BCUT2D eigenvalue weighted by molar-refractivity contribution is -0.385. The minimum atomic E-state index is -4.59. The number of nitrogens with one attached hydrogen (secondary N) is 1. The summed E-state index contributed by atoms with van der Waals surface area (Å²) < 4.78 is 34.5. The van der Waals surface area contributed by atoms with Crippen molar-refractivity contribution in [1.29, 1.82) is 0 Å². The maximum Gasteiger partial charge on any atom is 0.273 e. The molecule has 3 aromatic rings. The number of benzene rings is 3. The van der Waals surface area contributed by atoms with Gasteiger partial charge < -0.3 is 15.0 Å². The predicted molar refractivity (Wildman–Crippen MR) is 165 cm³/mol. The average molecular weight is 631 g/mol. The molecule has 0 bridgehead atoms. The van der Waals surface area contributed by atoms with Crippen LogP contribution in [-0.2, 0) is 26.0 Å². The van der Waals surface area contributed by atoms with E-state index in [1.54, 1.807) is 20.8 Å². The molecule has 0 saturated carbocycles. The van der Waals surface area contributed by atoms with Crippen molar-refractivity contribution < 1.29 is 27.7 Å². The molecular weight excluding hydrogens is 596 g/mol. The SMILES string of the molecule is COc1ccc(Cl)cc1N(CC(=O)N(CCc1ccccc1)[C@H](C)C(=O)NC(C)C)S(=O)(=O)c1ccc(C)c([N+](=O)[O-])c1. The van der Waals surface area contributed by atoms with E-state index in [9.17, 15) is 28.1 Å². The summed E-state index contributed by atoms with van der Waals surface area (Å²) in [5.74, 6) is -0.973. The largest absolute Gasteiger partial charge is 0.495 e. The van der Waals surface area contributed by atoms with Crippen molar-refractivity contribution >= 4 is 44.8 Å². The summed E-state index contributed by atoms with van der Waals surface area (Å²) in [5.41, 5.74) is 0.747. The lowest BCUT2D eigenvalue weighted by Crippen LogP contribution is -2.53. The summed E-state index contributed by atoms with van der Waals surface area (Å²) in [7, 11) is -3.26. The molecule has 0 aliphatic rings. The summed E-state index contributed by atoms with van der Waals surface area (Å²) in [5, 5.41) is 14.6. The Morgan fingerprint density at radius 2 is 1.72 bits per heavy atom. The maximum absolute atomic E-state index is 14.1. The van der Waals surface area contributed by atoms with Gasteiger partial charge in [0.1, 0.15) is 18.3 Å². The van der Waals surface area contributed by atoms with E-state index < -0.39 is 49.9 Å². The van der Waals surface area contributed by atoms with Crippen molar-refractivity contribution in [2.75, 3.05) is 24.5 Å². The van der Waals surface area contributed by atoms with Gasteiger partial charge in [-0.3, -0.25) is 24.0 Å². The summed E-state index contributed by atoms with van der Waals surface area (Å²) in [4.78, 5) is 38.9. The summed E-state index contributed by atoms with van der Waals surface area (Å²) in [6.45, 7) is 6.02. The van der Waals surface area contributed by atoms with Gasteiger partial charge in [0, 0.05) is 29.2 Å². The summed E-state index contributed by atoms with van der Waals surface area (Å²) in [6.07, 6.45) is 0.406. The van der Waals surface area contributed by atoms with E-state index in [4.69, 9.17) is 16.3 Å². The third kappa shape index (κ3) is 8.23. The molecule has 0 heterocycles. The molecule has 0 saturated heterocycles. The Hall–Kier alpha value is -4.16. The van der Waals surface area contributed by atoms with Gasteiger partial charge in [-0.15, -0.1) is 0 Å². The highest BCUT2D eigenvalue weighted by Crippen LogP contribution is 2.36. The fourth-order valence-corrected chi connectivity index (χ4v) is 6.02. The Morgan fingerprint density at radius 3 is 2.33 bits per heavy atom. The van der Waals surface area contributed by atoms with Crippen molar-refractivity contribution in [2.24, 2.45) is 0 Å². The molecule has 11 nitrogen and oxygen atoms in total. The molecule has 3 aromatic carbocycles. The molecule has 13 heteroatoms. The third-order valence-corrected chi connectivity index (χ3v) is 8.73. The van der Waals surface area contributed by atoms with Gasteiger partial charge in [0.2, 0.25) is 11.8 Å². The predicted octanol–water partition coefficient (Wildman–Crippen LogP) is 4.74. The highest BCUT2D eigenvalue weighted by Gasteiger charge is 2.34. The van der Waals surface area contributed by atoms with Gasteiger partial charge in [-0.25, -0.2) is 8.42 Å². The lowest BCUT2D eigenvalue weighted by atomic mass is 10.1. The number of amides is 2. The minimum Gasteiger partial charge on any atom is -0.495 e. The molecule has 1 N–H and O–H groups in total. The molecule has 0 aliphatic heterocycles. The molecule has 3 rings (SSSR count). The van der Waals surface area contributed by atoms with Crippen molar-refractivity contribution in [3.63, 3.8) is 0 Å². The van der Waals surface area contributed by atoms with Gasteiger partial charge >= 0.3 is 0 Å². The lowest BCUT2D eigenvalue weighted by Gasteiger charge is -2.32. The number of nitro groups is 1. The summed E-state index contributed by atoms with van der Waals surface area (Å²) >= 11 is 6.24. The Morgan fingerprint density at radius 1 is 1.05 bits per heavy atom. The van der Waals surface area contributed by atoms with Crippen LogP contribution in [0.25, 0.3) is 0 Å². The maximum atomic E-state index is 14.1. The number of nitrogens with zero attached hydrogens (tertiary/aromatic N) is 3. The fourth-order valence-electron chi connectivity index (χ4n) is 4.42. The van der Waals surface area contributed by atoms with Crippen LogP contribution in [0.2, 0.25) is 5.02 Å². The first-order chi connectivity index (χ1) is 20.3. The number of nitro benzene ring substituents is 1. The van der Waals surface area contributed by atoms with Crippen molar-refractivity contribution in [3.05, 3.63) is 93.0 Å². The molecule has 0 unspecified atom stereocenters. The molecule has 2 amide bonds. The molecule has 0 aliphatic carbocycles. The second kappa shape index (κ2) is 14.3. The van der Waals surface area contributed by atoms with Crippen LogP contribution in [0.1, 0.15) is 31.9 Å². The number of carbonyl (C=O) groups is 2. The number of halogens is 1. The number of sulfonamides is 1. The number of aryl methyl sites for hydroxylation is 1. The number of ether oxygens (including phenoxy) is 1. The zero-order valence-electron chi connectivity index (χ0n) is 24.6. The molecule has 230 valence electrons. The van der Waals surface area contributed by atoms with Crippen LogP contribution >= 0.6 is 11.6 Å². The Labute approximate surface area is 256 Å². The van der Waals surface area contributed by atoms with Crippen LogP contribution in [0.15, 0.2) is 71.6 Å². The van der Waals surface area contributed by atoms with E-state index in [1.165, 1.54) is 49.3 Å². The summed E-state index contributed by atoms with van der Waals surface area (Å²) in [6, 6.07) is 16.0. The van der Waals surface area contributed by atoms with Crippen molar-refractivity contribution in [3.8, 4) is 5.75 Å². The van der Waals surface area contributed by atoms with Gasteiger partial charge in [-0.1, -0.05) is 48.0 Å². The second-order valence-corrected chi connectivity index (χ2v) is 12.5. The minimum absolute atomic E-state index is 0.0473. The van der Waals surface area contributed by atoms with Crippen LogP contribution in [-0.4, -0.2) is 62.3 Å². The number of carbonyl (C=O) groups excluding carboxylic acids is 2. The molecule has 1 atom stereocenters. The van der Waals surface area contributed by atoms with E-state index in [0.717, 1.165) is 15.9 Å². The Bertz CT molecular complexity index is 1580. The highest BCUT2D eigenvalue weighted by atomic mass is 35.5. The quantitative estimate of drug-likeness (QED) is 0.212. The first-order valence-electron chi connectivity index (χ1n) is 13.5. The van der Waals surface area contributed by atoms with E-state index in [-0.39, 0.29) is 34.6 Å². The van der Waals surface area contributed by atoms with E-state index >= 15 is 0 Å². The second-order valence-electron chi connectivity index (χ2n) is 10.2. The van der Waals surface area contributed by atoms with Crippen molar-refractivity contribution in [2.45, 2.75) is 51.1 Å². The van der Waals surface area contributed by atoms with Gasteiger partial charge in [0.15, 0.2) is 0 Å². The first-order valence-corrected chi connectivity index (χ1v) is 15.3. The molecule has 0 aromatic heterocycles. The Balaban J connectivity index is 2.11. The number of methoxy groups -OCH3 is 1. The van der Waals surface area contributed by atoms with Crippen LogP contribution in [0.3, 0.4) is 0 Å². The van der Waals surface area contributed by atoms with Crippen LogP contribution in [0.5, 0.6) is 5.75 Å². The molecule has 0 fully saturated rings. The molecule has 43 heavy (non-hydrogen) atoms. The van der Waals surface area contributed by atoms with E-state index in [1.807, 2.05) is 30.3 Å². The van der Waals surface area contributed by atoms with E-state index in [0.29, 0.717) is 6.42 Å². The zero-order valence-corrected chi connectivity index (χ0v) is 26.2.